The summed E-state index contributed by atoms with van der Waals surface area (Å²) in [6.07, 6.45) is 2.34. The molecule has 0 spiro atoms. The second-order valence-corrected chi connectivity index (χ2v) is 10.4. The molecule has 0 aliphatic heterocycles. The maximum absolute atomic E-state index is 13.1. The molecule has 0 radical (unpaired) electrons. The van der Waals surface area contributed by atoms with E-state index in [1.165, 1.54) is 25.3 Å². The normalized spacial score (nSPS) is 19.5. The van der Waals surface area contributed by atoms with Crippen LogP contribution < -0.4 is 14.8 Å². The van der Waals surface area contributed by atoms with Crippen molar-refractivity contribution in [2.24, 2.45) is 5.92 Å². The molecule has 2 aromatic carbocycles. The summed E-state index contributed by atoms with van der Waals surface area (Å²) in [5.74, 6) is -0.0845. The zero-order valence-electron chi connectivity index (χ0n) is 19.1. The minimum atomic E-state index is -3.70. The lowest BCUT2D eigenvalue weighted by atomic mass is 9.85. The van der Waals surface area contributed by atoms with Crippen molar-refractivity contribution in [3.63, 3.8) is 0 Å². The van der Waals surface area contributed by atoms with Crippen LogP contribution in [-0.4, -0.2) is 32.5 Å². The van der Waals surface area contributed by atoms with Gasteiger partial charge in [-0.1, -0.05) is 12.1 Å². The molecule has 7 nitrogen and oxygen atoms in total. The summed E-state index contributed by atoms with van der Waals surface area (Å²) in [6.45, 7) is 1.86. The fraction of sp³-hybridized carbons (Fsp3) is 0.360. The van der Waals surface area contributed by atoms with E-state index in [2.05, 4.69) is 15.0 Å². The molecule has 180 valence electrons. The summed E-state index contributed by atoms with van der Waals surface area (Å²) < 4.78 is 46.9. The molecule has 34 heavy (non-hydrogen) atoms. The third-order valence-corrected chi connectivity index (χ3v) is 7.82. The number of carbonyl (C=O) groups excluding carboxylic acids is 1. The topological polar surface area (TPSA) is 97.4 Å². The Morgan fingerprint density at radius 1 is 1.06 bits per heavy atom. The van der Waals surface area contributed by atoms with Gasteiger partial charge >= 0.3 is 0 Å². The molecule has 4 rings (SSSR count). The van der Waals surface area contributed by atoms with E-state index < -0.39 is 10.0 Å². The lowest BCUT2D eigenvalue weighted by molar-refractivity contribution is -0.126. The van der Waals surface area contributed by atoms with Gasteiger partial charge in [-0.15, -0.1) is 0 Å². The summed E-state index contributed by atoms with van der Waals surface area (Å²) in [4.78, 5) is 17.2. The molecular formula is C25H28FN3O4S. The van der Waals surface area contributed by atoms with Gasteiger partial charge in [0.25, 0.3) is 0 Å². The Morgan fingerprint density at radius 2 is 1.76 bits per heavy atom. The molecule has 1 fully saturated rings. The highest BCUT2D eigenvalue weighted by molar-refractivity contribution is 7.89. The van der Waals surface area contributed by atoms with Gasteiger partial charge in [0.2, 0.25) is 21.8 Å². The van der Waals surface area contributed by atoms with Crippen molar-refractivity contribution in [1.82, 2.24) is 15.0 Å². The molecule has 1 aliphatic carbocycles. The Balaban J connectivity index is 1.33. The monoisotopic (exact) mass is 485 g/mol. The number of aromatic nitrogens is 1. The smallest absolute Gasteiger partial charge is 0.240 e. The van der Waals surface area contributed by atoms with E-state index in [1.807, 2.05) is 6.92 Å². The van der Waals surface area contributed by atoms with Crippen LogP contribution in [0.1, 0.15) is 44.2 Å². The van der Waals surface area contributed by atoms with Crippen molar-refractivity contribution in [1.29, 1.82) is 0 Å². The third kappa shape index (κ3) is 5.53. The second-order valence-electron chi connectivity index (χ2n) is 8.66. The maximum Gasteiger partial charge on any atom is 0.240 e. The molecule has 0 unspecified atom stereocenters. The lowest BCUT2D eigenvalue weighted by Gasteiger charge is -2.29. The van der Waals surface area contributed by atoms with Gasteiger partial charge in [-0.3, -0.25) is 4.79 Å². The van der Waals surface area contributed by atoms with Gasteiger partial charge in [-0.25, -0.2) is 22.5 Å². The summed E-state index contributed by atoms with van der Waals surface area (Å²) in [5, 5.41) is 3.69. The van der Waals surface area contributed by atoms with E-state index in [0.717, 1.165) is 5.56 Å². The minimum absolute atomic E-state index is 0.0596. The van der Waals surface area contributed by atoms with Crippen LogP contribution in [0.2, 0.25) is 0 Å². The molecule has 1 aromatic heterocycles. The Labute approximate surface area is 198 Å². The van der Waals surface area contributed by atoms with Crippen LogP contribution in [0.25, 0.3) is 10.9 Å². The number of carbonyl (C=O) groups is 1. The first-order valence-corrected chi connectivity index (χ1v) is 12.8. The predicted molar refractivity (Wildman–Crippen MR) is 127 cm³/mol. The van der Waals surface area contributed by atoms with E-state index in [0.29, 0.717) is 42.5 Å². The van der Waals surface area contributed by atoms with Crippen LogP contribution in [0.4, 0.5) is 4.39 Å². The molecule has 1 amide bonds. The quantitative estimate of drug-likeness (QED) is 0.525. The van der Waals surface area contributed by atoms with Crippen molar-refractivity contribution < 1.29 is 22.3 Å². The molecule has 1 atom stereocenters. The number of halogens is 1. The van der Waals surface area contributed by atoms with Crippen molar-refractivity contribution in [3.8, 4) is 5.88 Å². The number of rotatable bonds is 7. The summed E-state index contributed by atoms with van der Waals surface area (Å²) in [5.41, 5.74) is 1.49. The van der Waals surface area contributed by atoms with Crippen LogP contribution in [0.3, 0.4) is 0 Å². The number of hydrogen-bond donors (Lipinski definition) is 2. The number of hydrogen-bond acceptors (Lipinski definition) is 5. The van der Waals surface area contributed by atoms with Gasteiger partial charge in [0.15, 0.2) is 0 Å². The number of amides is 1. The SMILES string of the molecule is COc1ccc2cc(S(=O)(=O)N[C@H]3CC[C@H](C(=O)N[C@H](C)c4ccc(F)cc4)CC3)ccc2n1. The molecule has 1 saturated carbocycles. The van der Waals surface area contributed by atoms with Crippen LogP contribution in [-0.2, 0) is 14.8 Å². The zero-order chi connectivity index (χ0) is 24.3. The van der Waals surface area contributed by atoms with E-state index >= 15 is 0 Å². The lowest BCUT2D eigenvalue weighted by Crippen LogP contribution is -2.41. The molecule has 0 bridgehead atoms. The molecule has 1 aliphatic rings. The Morgan fingerprint density at radius 3 is 2.44 bits per heavy atom. The van der Waals surface area contributed by atoms with Crippen molar-refractivity contribution in [2.45, 2.75) is 49.6 Å². The Bertz CT molecular complexity index is 1270. The second kappa shape index (κ2) is 10.1. The fourth-order valence-electron chi connectivity index (χ4n) is 4.29. The molecule has 3 aromatic rings. The largest absolute Gasteiger partial charge is 0.481 e. The molecule has 0 saturated heterocycles. The number of nitrogens with zero attached hydrogens (tertiary/aromatic N) is 1. The van der Waals surface area contributed by atoms with E-state index in [1.54, 1.807) is 36.4 Å². The van der Waals surface area contributed by atoms with Crippen LogP contribution in [0.5, 0.6) is 5.88 Å². The fourth-order valence-corrected chi connectivity index (χ4v) is 5.63. The van der Waals surface area contributed by atoms with Gasteiger partial charge in [-0.2, -0.15) is 0 Å². The van der Waals surface area contributed by atoms with Crippen LogP contribution in [0, 0.1) is 11.7 Å². The number of nitrogens with one attached hydrogen (secondary N) is 2. The standard InChI is InChI=1S/C25H28FN3O4S/c1-16(17-3-8-20(26)9-4-17)27-25(30)18-5-10-21(11-6-18)29-34(31,32)22-12-13-23-19(15-22)7-14-24(28-23)33-2/h3-4,7-9,12-16,18,21,29H,5-6,10-11H2,1-2H3,(H,27,30)/t16-,18-,21-/m1/s1. The average Bonchev–Trinajstić information content (AvgIpc) is 2.83. The summed E-state index contributed by atoms with van der Waals surface area (Å²) >= 11 is 0. The van der Waals surface area contributed by atoms with E-state index in [4.69, 9.17) is 4.74 Å². The van der Waals surface area contributed by atoms with Gasteiger partial charge < -0.3 is 10.1 Å². The molecular weight excluding hydrogens is 457 g/mol. The average molecular weight is 486 g/mol. The van der Waals surface area contributed by atoms with Crippen LogP contribution in [0.15, 0.2) is 59.5 Å². The highest BCUT2D eigenvalue weighted by Gasteiger charge is 2.30. The molecule has 9 heteroatoms. The number of sulfonamides is 1. The van der Waals surface area contributed by atoms with Gasteiger partial charge in [0.1, 0.15) is 5.82 Å². The highest BCUT2D eigenvalue weighted by Crippen LogP contribution is 2.27. The molecule has 2 N–H and O–H groups in total. The minimum Gasteiger partial charge on any atom is -0.481 e. The first-order valence-electron chi connectivity index (χ1n) is 11.3. The van der Waals surface area contributed by atoms with E-state index in [9.17, 15) is 17.6 Å². The van der Waals surface area contributed by atoms with Crippen molar-refractivity contribution >= 4 is 26.8 Å². The van der Waals surface area contributed by atoms with Crippen molar-refractivity contribution in [2.75, 3.05) is 7.11 Å². The summed E-state index contributed by atoms with van der Waals surface area (Å²) in [7, 11) is -2.17. The Kier molecular flexibility index (Phi) is 7.13. The van der Waals surface area contributed by atoms with Crippen LogP contribution >= 0.6 is 0 Å². The number of methoxy groups -OCH3 is 1. The Hall–Kier alpha value is -3.04. The van der Waals surface area contributed by atoms with Crippen molar-refractivity contribution in [3.05, 3.63) is 66.0 Å². The van der Waals surface area contributed by atoms with Gasteiger partial charge in [0, 0.05) is 23.4 Å². The zero-order valence-corrected chi connectivity index (χ0v) is 19.9. The molecule has 1 heterocycles. The third-order valence-electron chi connectivity index (χ3n) is 6.30. The first-order chi connectivity index (χ1) is 16.2. The number of ether oxygens (including phenoxy) is 1. The van der Waals surface area contributed by atoms with Gasteiger partial charge in [0.05, 0.1) is 23.6 Å². The first kappa shape index (κ1) is 24.1. The predicted octanol–water partition coefficient (Wildman–Crippen LogP) is 4.10. The van der Waals surface area contributed by atoms with E-state index in [-0.39, 0.29) is 34.6 Å². The number of pyridine rings is 1. The highest BCUT2D eigenvalue weighted by atomic mass is 32.2. The maximum atomic E-state index is 13.1. The summed E-state index contributed by atoms with van der Waals surface area (Å²) in [6, 6.07) is 13.9. The number of benzene rings is 2. The van der Waals surface area contributed by atoms with Gasteiger partial charge in [-0.05, 0) is 74.6 Å². The number of fused-ring (bicyclic) bond motifs is 1.